The smallest absolute Gasteiger partial charge is 0.392 e. The van der Waals surface area contributed by atoms with Crippen molar-refractivity contribution in [2.24, 2.45) is 4.99 Å². The number of urea groups is 1. The Morgan fingerprint density at radius 1 is 1.21 bits per heavy atom. The summed E-state index contributed by atoms with van der Waals surface area (Å²) in [6.45, 7) is 3.19. The Hall–Kier alpha value is -2.45. The van der Waals surface area contributed by atoms with Crippen molar-refractivity contribution in [3.63, 3.8) is 0 Å². The molecule has 2 fully saturated rings. The number of guanidine groups is 1. The van der Waals surface area contributed by atoms with Crippen LogP contribution < -0.4 is 0 Å². The fourth-order valence-electron chi connectivity index (χ4n) is 4.70. The van der Waals surface area contributed by atoms with Gasteiger partial charge in [0.2, 0.25) is 11.9 Å². The molecule has 0 radical (unpaired) electrons. The van der Waals surface area contributed by atoms with E-state index in [1.165, 1.54) is 24.2 Å². The first-order valence-electron chi connectivity index (χ1n) is 10.3. The molecular weight excluding hydrogens is 362 g/mol. The van der Waals surface area contributed by atoms with Gasteiger partial charge in [-0.2, -0.15) is 0 Å². The number of likely N-dealkylation sites (N-methyl/N-ethyl adjacent to an activating group) is 1. The fraction of sp³-hybridized carbons (Fsp3) is 0.737. The molecule has 3 amide bonds. The molecule has 4 aliphatic rings. The molecule has 3 aliphatic heterocycles. The number of carbonyl (C=O) groups is 3. The highest BCUT2D eigenvalue weighted by atomic mass is 16.5. The summed E-state index contributed by atoms with van der Waals surface area (Å²) in [5.74, 6) is 0.301. The number of fused-ring (bicyclic) bond motifs is 2. The van der Waals surface area contributed by atoms with E-state index in [9.17, 15) is 14.4 Å². The van der Waals surface area contributed by atoms with Crippen molar-refractivity contribution in [1.82, 2.24) is 14.7 Å². The monoisotopic (exact) mass is 390 g/mol. The lowest BCUT2D eigenvalue weighted by molar-refractivity contribution is -0.545. The van der Waals surface area contributed by atoms with E-state index in [2.05, 4.69) is 4.90 Å². The number of rotatable bonds is 4. The maximum absolute atomic E-state index is 13.2. The van der Waals surface area contributed by atoms with E-state index in [4.69, 9.17) is 9.73 Å². The van der Waals surface area contributed by atoms with Crippen LogP contribution in [0.15, 0.2) is 4.99 Å². The third kappa shape index (κ3) is 3.06. The van der Waals surface area contributed by atoms with E-state index in [1.807, 2.05) is 4.58 Å². The van der Waals surface area contributed by atoms with Crippen LogP contribution >= 0.6 is 0 Å². The fourth-order valence-corrected chi connectivity index (χ4v) is 4.70. The van der Waals surface area contributed by atoms with Crippen LogP contribution in [-0.2, 0) is 14.3 Å². The predicted molar refractivity (Wildman–Crippen MR) is 101 cm³/mol. The van der Waals surface area contributed by atoms with Gasteiger partial charge in [0.25, 0.3) is 5.91 Å². The minimum absolute atomic E-state index is 0.210. The Morgan fingerprint density at radius 2 is 1.96 bits per heavy atom. The van der Waals surface area contributed by atoms with Gasteiger partial charge in [-0.05, 0) is 19.8 Å². The molecule has 1 saturated carbocycles. The molecule has 1 aliphatic carbocycles. The number of hydrogen-bond donors (Lipinski definition) is 0. The quantitative estimate of drug-likeness (QED) is 0.519. The van der Waals surface area contributed by atoms with Gasteiger partial charge in [0, 0.05) is 13.5 Å². The van der Waals surface area contributed by atoms with E-state index >= 15 is 0 Å². The molecule has 0 aromatic carbocycles. The second-order valence-corrected chi connectivity index (χ2v) is 7.78. The largest absolute Gasteiger partial charge is 0.465 e. The molecule has 4 rings (SSSR count). The van der Waals surface area contributed by atoms with Crippen LogP contribution in [0.5, 0.6) is 0 Å². The maximum Gasteiger partial charge on any atom is 0.392 e. The molecule has 0 N–H and O–H groups in total. The Labute approximate surface area is 164 Å². The number of ether oxygens (including phenoxy) is 1. The van der Waals surface area contributed by atoms with Crippen molar-refractivity contribution < 1.29 is 23.7 Å². The average molecular weight is 390 g/mol. The third-order valence-corrected chi connectivity index (χ3v) is 6.05. The molecule has 1 atom stereocenters. The lowest BCUT2D eigenvalue weighted by Gasteiger charge is -2.35. The number of carbonyl (C=O) groups excluding carboxylic acids is 3. The lowest BCUT2D eigenvalue weighted by atomic mass is 9.94. The van der Waals surface area contributed by atoms with Gasteiger partial charge in [0.1, 0.15) is 6.54 Å². The van der Waals surface area contributed by atoms with E-state index < -0.39 is 23.9 Å². The van der Waals surface area contributed by atoms with Gasteiger partial charge >= 0.3 is 18.0 Å². The summed E-state index contributed by atoms with van der Waals surface area (Å²) in [4.78, 5) is 47.2. The molecule has 0 aromatic rings. The second-order valence-electron chi connectivity index (χ2n) is 7.78. The number of imide groups is 1. The number of esters is 1. The van der Waals surface area contributed by atoms with Crippen LogP contribution in [0.25, 0.3) is 0 Å². The van der Waals surface area contributed by atoms with Crippen LogP contribution in [0.2, 0.25) is 0 Å². The van der Waals surface area contributed by atoms with Gasteiger partial charge in [-0.3, -0.25) is 19.4 Å². The van der Waals surface area contributed by atoms with Crippen LogP contribution in [0.4, 0.5) is 4.79 Å². The molecule has 152 valence electrons. The van der Waals surface area contributed by atoms with E-state index in [-0.39, 0.29) is 13.2 Å². The standard InChI is InChI=1S/C19H28N5O4/c1-3-28-14(25)12-24-17(26)15-16(21(2)19(24)27)20-18-22(10-7-11-23(15)18)13-8-5-4-6-9-13/h13,15H,3-12H2,1-2H3/q+1. The number of nitrogens with zero attached hydrogens (tertiary/aromatic N) is 5. The highest BCUT2D eigenvalue weighted by Crippen LogP contribution is 2.28. The molecule has 1 saturated heterocycles. The number of amides is 3. The Morgan fingerprint density at radius 3 is 2.68 bits per heavy atom. The van der Waals surface area contributed by atoms with Gasteiger partial charge in [-0.15, -0.1) is 0 Å². The Kier molecular flexibility index (Phi) is 5.07. The van der Waals surface area contributed by atoms with Crippen LogP contribution in [0.3, 0.4) is 0 Å². The van der Waals surface area contributed by atoms with E-state index in [0.29, 0.717) is 11.9 Å². The lowest BCUT2D eigenvalue weighted by Crippen LogP contribution is -2.64. The summed E-state index contributed by atoms with van der Waals surface area (Å²) >= 11 is 0. The topological polar surface area (TPSA) is 85.5 Å². The molecule has 0 bridgehead atoms. The molecule has 0 spiro atoms. The predicted octanol–water partition coefficient (Wildman–Crippen LogP) is 0.631. The number of hydrogen-bond acceptors (Lipinski definition) is 6. The highest BCUT2D eigenvalue weighted by Gasteiger charge is 2.55. The van der Waals surface area contributed by atoms with E-state index in [1.54, 1.807) is 14.0 Å². The van der Waals surface area contributed by atoms with Crippen molar-refractivity contribution in [2.75, 3.05) is 33.3 Å². The Bertz CT molecular complexity index is 755. The van der Waals surface area contributed by atoms with Crippen molar-refractivity contribution >= 4 is 29.7 Å². The van der Waals surface area contributed by atoms with Crippen LogP contribution in [0, 0.1) is 0 Å². The molecular formula is C19H28N5O4+. The second kappa shape index (κ2) is 7.52. The highest BCUT2D eigenvalue weighted by molar-refractivity contribution is 6.23. The van der Waals surface area contributed by atoms with Gasteiger partial charge in [-0.1, -0.05) is 24.3 Å². The molecule has 1 unspecified atom stereocenters. The van der Waals surface area contributed by atoms with Gasteiger partial charge < -0.3 is 4.74 Å². The summed E-state index contributed by atoms with van der Waals surface area (Å²) in [5, 5.41) is 0. The minimum atomic E-state index is -0.640. The molecule has 28 heavy (non-hydrogen) atoms. The minimum Gasteiger partial charge on any atom is -0.465 e. The van der Waals surface area contributed by atoms with Crippen molar-refractivity contribution in [1.29, 1.82) is 0 Å². The van der Waals surface area contributed by atoms with Crippen molar-refractivity contribution in [3.05, 3.63) is 0 Å². The van der Waals surface area contributed by atoms with Crippen molar-refractivity contribution in [3.8, 4) is 0 Å². The van der Waals surface area contributed by atoms with Crippen LogP contribution in [-0.4, -0.2) is 94.4 Å². The van der Waals surface area contributed by atoms with Gasteiger partial charge in [0.05, 0.1) is 25.7 Å². The van der Waals surface area contributed by atoms with Gasteiger partial charge in [-0.25, -0.2) is 14.3 Å². The number of amidine groups is 1. The average Bonchev–Trinajstić information content (AvgIpc) is 3.10. The Balaban J connectivity index is 1.63. The maximum atomic E-state index is 13.2. The summed E-state index contributed by atoms with van der Waals surface area (Å²) < 4.78 is 6.94. The van der Waals surface area contributed by atoms with Crippen LogP contribution in [0.1, 0.15) is 45.4 Å². The summed E-state index contributed by atoms with van der Waals surface area (Å²) in [5.41, 5.74) is 0. The number of aliphatic imine (C=N–C) groups is 1. The molecule has 9 nitrogen and oxygen atoms in total. The SMILES string of the molecule is CCOC(=O)CN1C(=O)C2C(=NC3=[N+]2CCCN3C2CCCCC2)N(C)C1=O. The molecule has 9 heteroatoms. The first kappa shape index (κ1) is 18.9. The summed E-state index contributed by atoms with van der Waals surface area (Å²) in [6.07, 6.45) is 6.95. The molecule has 3 heterocycles. The zero-order valence-electron chi connectivity index (χ0n) is 16.6. The van der Waals surface area contributed by atoms with Crippen molar-refractivity contribution in [2.45, 2.75) is 57.5 Å². The zero-order chi connectivity index (χ0) is 19.8. The molecule has 0 aromatic heterocycles. The summed E-state index contributed by atoms with van der Waals surface area (Å²) in [6, 6.07) is -0.723. The third-order valence-electron chi connectivity index (χ3n) is 6.05. The summed E-state index contributed by atoms with van der Waals surface area (Å²) in [7, 11) is 1.61. The first-order chi connectivity index (χ1) is 13.5. The van der Waals surface area contributed by atoms with Gasteiger partial charge in [0.15, 0.2) is 0 Å². The first-order valence-corrected chi connectivity index (χ1v) is 10.3. The van der Waals surface area contributed by atoms with E-state index in [0.717, 1.165) is 43.2 Å². The zero-order valence-corrected chi connectivity index (χ0v) is 16.6. The normalized spacial score (nSPS) is 25.7.